The van der Waals surface area contributed by atoms with E-state index in [9.17, 15) is 4.79 Å². The number of rotatable bonds is 4. The highest BCUT2D eigenvalue weighted by Crippen LogP contribution is 2.27. The molecule has 2 aromatic heterocycles. The Morgan fingerprint density at radius 3 is 2.87 bits per heavy atom. The van der Waals surface area contributed by atoms with E-state index < -0.39 is 0 Å². The topological polar surface area (TPSA) is 75.0 Å². The minimum Gasteiger partial charge on any atom is -0.361 e. The lowest BCUT2D eigenvalue weighted by atomic mass is 10.2. The van der Waals surface area contributed by atoms with Gasteiger partial charge in [0, 0.05) is 29.3 Å². The molecule has 0 fully saturated rings. The first-order chi connectivity index (χ1) is 11.0. The third kappa shape index (κ3) is 2.87. The summed E-state index contributed by atoms with van der Waals surface area (Å²) in [4.78, 5) is 23.0. The highest BCUT2D eigenvalue weighted by molar-refractivity contribution is 7.14. The van der Waals surface area contributed by atoms with Gasteiger partial charge in [-0.1, -0.05) is 0 Å². The van der Waals surface area contributed by atoms with Gasteiger partial charge in [0.05, 0.1) is 11.7 Å². The fourth-order valence-electron chi connectivity index (χ4n) is 2.59. The molecule has 6 heteroatoms. The Morgan fingerprint density at radius 1 is 1.43 bits per heavy atom. The van der Waals surface area contributed by atoms with Gasteiger partial charge in [-0.3, -0.25) is 4.79 Å². The number of aromatic nitrogens is 2. The highest BCUT2D eigenvalue weighted by atomic mass is 32.1. The molecule has 0 aliphatic heterocycles. The van der Waals surface area contributed by atoms with Crippen LogP contribution in [0.25, 0.3) is 10.9 Å². The van der Waals surface area contributed by atoms with Gasteiger partial charge in [-0.25, -0.2) is 4.98 Å². The van der Waals surface area contributed by atoms with Crippen molar-refractivity contribution in [2.45, 2.75) is 26.8 Å². The minimum atomic E-state index is -0.161. The van der Waals surface area contributed by atoms with Crippen molar-refractivity contribution in [2.75, 3.05) is 11.4 Å². The summed E-state index contributed by atoms with van der Waals surface area (Å²) in [5.41, 5.74) is 8.58. The Hall–Kier alpha value is -2.18. The number of carbonyl (C=O) groups excluding carboxylic acids is 1. The molecule has 0 spiro atoms. The van der Waals surface area contributed by atoms with E-state index in [-0.39, 0.29) is 11.9 Å². The highest BCUT2D eigenvalue weighted by Gasteiger charge is 2.22. The first-order valence-electron chi connectivity index (χ1n) is 7.63. The number of carbonyl (C=O) groups is 1. The van der Waals surface area contributed by atoms with Crippen molar-refractivity contribution in [1.29, 1.82) is 0 Å². The second-order valence-electron chi connectivity index (χ2n) is 5.55. The van der Waals surface area contributed by atoms with E-state index in [0.717, 1.165) is 27.3 Å². The molecule has 0 saturated carbocycles. The molecule has 5 nitrogen and oxygen atoms in total. The maximum Gasteiger partial charge on any atom is 0.270 e. The second-order valence-corrected chi connectivity index (χ2v) is 6.58. The number of benzene rings is 1. The molecule has 120 valence electrons. The maximum atomic E-state index is 13.0. The van der Waals surface area contributed by atoms with Gasteiger partial charge >= 0.3 is 0 Å². The van der Waals surface area contributed by atoms with Gasteiger partial charge in [0.1, 0.15) is 9.88 Å². The smallest absolute Gasteiger partial charge is 0.270 e. The van der Waals surface area contributed by atoms with Crippen molar-refractivity contribution in [3.8, 4) is 0 Å². The van der Waals surface area contributed by atoms with Crippen LogP contribution in [-0.2, 0) is 0 Å². The number of nitrogens with one attached hydrogen (secondary N) is 1. The van der Waals surface area contributed by atoms with Crippen molar-refractivity contribution in [3.05, 3.63) is 46.0 Å². The summed E-state index contributed by atoms with van der Waals surface area (Å²) >= 11 is 1.39. The van der Waals surface area contributed by atoms with Crippen LogP contribution in [0.4, 0.5) is 5.69 Å². The van der Waals surface area contributed by atoms with Crippen LogP contribution in [0.1, 0.15) is 40.3 Å². The monoisotopic (exact) mass is 328 g/mol. The molecule has 0 saturated heterocycles. The molecule has 0 radical (unpaired) electrons. The normalized spacial score (nSPS) is 12.5. The van der Waals surface area contributed by atoms with Gasteiger partial charge in [-0.05, 0) is 45.0 Å². The molecule has 23 heavy (non-hydrogen) atoms. The third-order valence-electron chi connectivity index (χ3n) is 3.81. The molecule has 3 aromatic rings. The average Bonchev–Trinajstić information content (AvgIpc) is 3.13. The molecular formula is C17H20N4OS. The maximum absolute atomic E-state index is 13.0. The summed E-state index contributed by atoms with van der Waals surface area (Å²) in [5, 5.41) is 1.88. The van der Waals surface area contributed by atoms with Crippen molar-refractivity contribution in [3.63, 3.8) is 0 Å². The SMILES string of the molecule is CCN(C(=O)c1sc(C(C)N)nc1C)c1ccc2[nH]ccc2c1. The number of aromatic amines is 1. The largest absolute Gasteiger partial charge is 0.361 e. The molecule has 3 rings (SSSR count). The Bertz CT molecular complexity index is 849. The molecule has 1 amide bonds. The van der Waals surface area contributed by atoms with E-state index in [1.54, 1.807) is 4.90 Å². The number of amides is 1. The van der Waals surface area contributed by atoms with Crippen LogP contribution in [0.3, 0.4) is 0 Å². The molecule has 3 N–H and O–H groups in total. The molecule has 0 aliphatic carbocycles. The van der Waals surface area contributed by atoms with E-state index in [1.807, 2.05) is 51.2 Å². The number of fused-ring (bicyclic) bond motifs is 1. The summed E-state index contributed by atoms with van der Waals surface area (Å²) in [5.74, 6) is -0.0238. The van der Waals surface area contributed by atoms with Crippen LogP contribution in [0.5, 0.6) is 0 Å². The Balaban J connectivity index is 1.97. The third-order valence-corrected chi connectivity index (χ3v) is 5.15. The quantitative estimate of drug-likeness (QED) is 0.768. The van der Waals surface area contributed by atoms with E-state index in [1.165, 1.54) is 11.3 Å². The van der Waals surface area contributed by atoms with Gasteiger partial charge in [0.15, 0.2) is 0 Å². The fourth-order valence-corrected chi connectivity index (χ4v) is 3.55. The second kappa shape index (κ2) is 6.14. The van der Waals surface area contributed by atoms with Gasteiger partial charge in [0.2, 0.25) is 0 Å². The van der Waals surface area contributed by atoms with Crippen LogP contribution >= 0.6 is 11.3 Å². The van der Waals surface area contributed by atoms with Crippen molar-refractivity contribution in [1.82, 2.24) is 9.97 Å². The molecule has 1 atom stereocenters. The lowest BCUT2D eigenvalue weighted by Gasteiger charge is -2.20. The Labute approximate surface area is 139 Å². The molecule has 1 aromatic carbocycles. The zero-order valence-electron chi connectivity index (χ0n) is 13.5. The van der Waals surface area contributed by atoms with E-state index >= 15 is 0 Å². The summed E-state index contributed by atoms with van der Waals surface area (Å²) in [7, 11) is 0. The number of hydrogen-bond acceptors (Lipinski definition) is 4. The lowest BCUT2D eigenvalue weighted by molar-refractivity contribution is 0.0991. The lowest BCUT2D eigenvalue weighted by Crippen LogP contribution is -2.30. The first-order valence-corrected chi connectivity index (χ1v) is 8.44. The zero-order chi connectivity index (χ0) is 16.6. The fraction of sp³-hybridized carbons (Fsp3) is 0.294. The standard InChI is InChI=1S/C17H20N4OS/c1-4-21(13-5-6-14-12(9-13)7-8-19-14)17(22)15-11(3)20-16(23-15)10(2)18/h5-10,19H,4,18H2,1-3H3. The van der Waals surface area contributed by atoms with Gasteiger partial charge in [-0.15, -0.1) is 11.3 Å². The summed E-state index contributed by atoms with van der Waals surface area (Å²) in [6.07, 6.45) is 1.90. The van der Waals surface area contributed by atoms with Crippen LogP contribution in [0, 0.1) is 6.92 Å². The minimum absolute atomic E-state index is 0.0238. The molecule has 0 aliphatic rings. The number of nitrogens with zero attached hydrogens (tertiary/aromatic N) is 2. The van der Waals surface area contributed by atoms with E-state index in [0.29, 0.717) is 11.4 Å². The zero-order valence-corrected chi connectivity index (χ0v) is 14.3. The summed E-state index contributed by atoms with van der Waals surface area (Å²) in [6, 6.07) is 7.82. The first kappa shape index (κ1) is 15.7. The van der Waals surface area contributed by atoms with Gasteiger partial charge in [-0.2, -0.15) is 0 Å². The Kier molecular flexibility index (Phi) is 4.19. The van der Waals surface area contributed by atoms with Crippen LogP contribution in [0.2, 0.25) is 0 Å². The molecule has 0 bridgehead atoms. The van der Waals surface area contributed by atoms with E-state index in [4.69, 9.17) is 5.73 Å². The van der Waals surface area contributed by atoms with Crippen LogP contribution in [0.15, 0.2) is 30.5 Å². The molecule has 1 unspecified atom stereocenters. The molecule has 2 heterocycles. The van der Waals surface area contributed by atoms with Crippen LogP contribution < -0.4 is 10.6 Å². The summed E-state index contributed by atoms with van der Waals surface area (Å²) in [6.45, 7) is 6.31. The number of thiazole rings is 1. The van der Waals surface area contributed by atoms with Crippen molar-refractivity contribution >= 4 is 33.8 Å². The number of anilines is 1. The number of hydrogen-bond donors (Lipinski definition) is 2. The van der Waals surface area contributed by atoms with Gasteiger partial charge < -0.3 is 15.6 Å². The van der Waals surface area contributed by atoms with Crippen LogP contribution in [-0.4, -0.2) is 22.4 Å². The van der Waals surface area contributed by atoms with E-state index in [2.05, 4.69) is 9.97 Å². The Morgan fingerprint density at radius 2 is 2.22 bits per heavy atom. The predicted molar refractivity (Wildman–Crippen MR) is 95.1 cm³/mol. The van der Waals surface area contributed by atoms with Crippen molar-refractivity contribution in [2.24, 2.45) is 5.73 Å². The average molecular weight is 328 g/mol. The van der Waals surface area contributed by atoms with Gasteiger partial charge in [0.25, 0.3) is 5.91 Å². The number of nitrogens with two attached hydrogens (primary N) is 1. The van der Waals surface area contributed by atoms with Crippen molar-refractivity contribution < 1.29 is 4.79 Å². The summed E-state index contributed by atoms with van der Waals surface area (Å²) < 4.78 is 0. The predicted octanol–water partition coefficient (Wildman–Crippen LogP) is 3.62. The number of H-pyrrole nitrogens is 1. The molecular weight excluding hydrogens is 308 g/mol. The number of aryl methyl sites for hydroxylation is 1.